The molecule has 0 aliphatic carbocycles. The number of alkyl carbamates (subject to hydrolysis) is 1. The summed E-state index contributed by atoms with van der Waals surface area (Å²) in [5.74, 6) is -1.11. The van der Waals surface area contributed by atoms with Crippen molar-refractivity contribution in [3.05, 3.63) is 34.3 Å². The highest BCUT2D eigenvalue weighted by atomic mass is 35.5. The van der Waals surface area contributed by atoms with Crippen molar-refractivity contribution < 1.29 is 19.4 Å². The molecule has 1 rings (SSSR count). The van der Waals surface area contributed by atoms with Gasteiger partial charge in [0, 0.05) is 6.54 Å². The van der Waals surface area contributed by atoms with E-state index in [0.29, 0.717) is 5.56 Å². The second kappa shape index (κ2) is 5.93. The molecule has 2 N–H and O–H groups in total. The molecule has 19 heavy (non-hydrogen) atoms. The number of carboxylic acids is 1. The first-order valence-electron chi connectivity index (χ1n) is 5.67. The summed E-state index contributed by atoms with van der Waals surface area (Å²) in [7, 11) is 0. The predicted molar refractivity (Wildman–Crippen MR) is 71.5 cm³/mol. The Balaban J connectivity index is 2.66. The van der Waals surface area contributed by atoms with Crippen LogP contribution in [0.1, 0.15) is 36.7 Å². The van der Waals surface area contributed by atoms with E-state index in [1.807, 2.05) is 0 Å². The summed E-state index contributed by atoms with van der Waals surface area (Å²) in [6.07, 6.45) is -0.556. The van der Waals surface area contributed by atoms with Crippen LogP contribution in [0.25, 0.3) is 0 Å². The van der Waals surface area contributed by atoms with Gasteiger partial charge in [0.2, 0.25) is 0 Å². The summed E-state index contributed by atoms with van der Waals surface area (Å²) in [6, 6.07) is 4.55. The lowest BCUT2D eigenvalue weighted by Crippen LogP contribution is -2.32. The SMILES string of the molecule is CC(C)(C)OC(=O)NCc1ccc(Cl)c(C(=O)O)c1. The van der Waals surface area contributed by atoms with Crippen LogP contribution < -0.4 is 5.32 Å². The lowest BCUT2D eigenvalue weighted by atomic mass is 10.1. The van der Waals surface area contributed by atoms with Crippen molar-refractivity contribution in [3.8, 4) is 0 Å². The van der Waals surface area contributed by atoms with Crippen molar-refractivity contribution >= 4 is 23.7 Å². The third kappa shape index (κ3) is 5.18. The molecule has 0 saturated heterocycles. The van der Waals surface area contributed by atoms with Crippen LogP contribution >= 0.6 is 11.6 Å². The van der Waals surface area contributed by atoms with Gasteiger partial charge in [-0.25, -0.2) is 9.59 Å². The average Bonchev–Trinajstić information content (AvgIpc) is 2.25. The maximum Gasteiger partial charge on any atom is 0.407 e. The summed E-state index contributed by atoms with van der Waals surface area (Å²) >= 11 is 5.75. The Kier molecular flexibility index (Phi) is 4.78. The molecule has 1 aromatic rings. The molecule has 0 atom stereocenters. The van der Waals surface area contributed by atoms with Crippen LogP contribution in [0.15, 0.2) is 18.2 Å². The first-order chi connectivity index (χ1) is 8.69. The Morgan fingerprint density at radius 1 is 1.37 bits per heavy atom. The fourth-order valence-electron chi connectivity index (χ4n) is 1.33. The van der Waals surface area contributed by atoms with Gasteiger partial charge in [0.15, 0.2) is 0 Å². The Bertz CT molecular complexity index is 494. The number of carbonyl (C=O) groups is 2. The third-order valence-corrected chi connectivity index (χ3v) is 2.43. The van der Waals surface area contributed by atoms with E-state index in [9.17, 15) is 9.59 Å². The second-order valence-corrected chi connectivity index (χ2v) is 5.38. The number of nitrogens with one attached hydrogen (secondary N) is 1. The van der Waals surface area contributed by atoms with Crippen LogP contribution in [0.4, 0.5) is 4.79 Å². The van der Waals surface area contributed by atoms with E-state index in [0.717, 1.165) is 0 Å². The molecule has 0 fully saturated rings. The van der Waals surface area contributed by atoms with E-state index >= 15 is 0 Å². The van der Waals surface area contributed by atoms with Gasteiger partial charge < -0.3 is 15.2 Å². The first-order valence-corrected chi connectivity index (χ1v) is 6.05. The van der Waals surface area contributed by atoms with Crippen molar-refractivity contribution in [1.82, 2.24) is 5.32 Å². The molecule has 0 bridgehead atoms. The van der Waals surface area contributed by atoms with Gasteiger partial charge in [-0.05, 0) is 38.5 Å². The second-order valence-electron chi connectivity index (χ2n) is 4.97. The lowest BCUT2D eigenvalue weighted by molar-refractivity contribution is 0.0523. The Hall–Kier alpha value is -1.75. The Morgan fingerprint density at radius 2 is 2.00 bits per heavy atom. The molecule has 6 heteroatoms. The molecule has 1 amide bonds. The monoisotopic (exact) mass is 285 g/mol. The quantitative estimate of drug-likeness (QED) is 0.895. The van der Waals surface area contributed by atoms with E-state index in [-0.39, 0.29) is 17.1 Å². The topological polar surface area (TPSA) is 75.6 Å². The maximum absolute atomic E-state index is 11.4. The van der Waals surface area contributed by atoms with Crippen molar-refractivity contribution in [2.75, 3.05) is 0 Å². The molecule has 0 aromatic heterocycles. The molecule has 0 radical (unpaired) electrons. The van der Waals surface area contributed by atoms with Crippen molar-refractivity contribution in [2.24, 2.45) is 0 Å². The van der Waals surface area contributed by atoms with Crippen LogP contribution in [0, 0.1) is 0 Å². The van der Waals surface area contributed by atoms with Crippen molar-refractivity contribution in [1.29, 1.82) is 0 Å². The van der Waals surface area contributed by atoms with Crippen LogP contribution in [-0.2, 0) is 11.3 Å². The van der Waals surface area contributed by atoms with E-state index in [1.54, 1.807) is 26.8 Å². The van der Waals surface area contributed by atoms with Gasteiger partial charge in [0.05, 0.1) is 10.6 Å². The van der Waals surface area contributed by atoms with Crippen LogP contribution in [0.2, 0.25) is 5.02 Å². The molecular formula is C13H16ClNO4. The molecule has 0 aliphatic rings. The van der Waals surface area contributed by atoms with Gasteiger partial charge in [0.25, 0.3) is 0 Å². The average molecular weight is 286 g/mol. The number of halogens is 1. The standard InChI is InChI=1S/C13H16ClNO4/c1-13(2,3)19-12(18)15-7-8-4-5-10(14)9(6-8)11(16)17/h4-6H,7H2,1-3H3,(H,15,18)(H,16,17). The van der Waals surface area contributed by atoms with Crippen LogP contribution in [0.3, 0.4) is 0 Å². The molecule has 0 spiro atoms. The largest absolute Gasteiger partial charge is 0.478 e. The molecule has 5 nitrogen and oxygen atoms in total. The summed E-state index contributed by atoms with van der Waals surface area (Å²) in [6.45, 7) is 5.46. The smallest absolute Gasteiger partial charge is 0.407 e. The number of amides is 1. The molecular weight excluding hydrogens is 270 g/mol. The number of rotatable bonds is 3. The maximum atomic E-state index is 11.4. The summed E-state index contributed by atoms with van der Waals surface area (Å²) < 4.78 is 5.07. The zero-order chi connectivity index (χ0) is 14.6. The number of carbonyl (C=O) groups excluding carboxylic acids is 1. The number of hydrogen-bond donors (Lipinski definition) is 2. The predicted octanol–water partition coefficient (Wildman–Crippen LogP) is 3.06. The van der Waals surface area contributed by atoms with Gasteiger partial charge in [-0.1, -0.05) is 17.7 Å². The molecule has 0 heterocycles. The fourth-order valence-corrected chi connectivity index (χ4v) is 1.53. The van der Waals surface area contributed by atoms with E-state index in [1.165, 1.54) is 12.1 Å². The minimum atomic E-state index is -1.11. The minimum Gasteiger partial charge on any atom is -0.478 e. The number of benzene rings is 1. The summed E-state index contributed by atoms with van der Waals surface area (Å²) in [5, 5.41) is 11.6. The van der Waals surface area contributed by atoms with Crippen molar-refractivity contribution in [2.45, 2.75) is 32.9 Å². The van der Waals surface area contributed by atoms with Gasteiger partial charge in [-0.2, -0.15) is 0 Å². The van der Waals surface area contributed by atoms with Crippen LogP contribution in [-0.4, -0.2) is 22.8 Å². The summed E-state index contributed by atoms with van der Waals surface area (Å²) in [5.41, 5.74) is 0.0638. The zero-order valence-corrected chi connectivity index (χ0v) is 11.7. The normalized spacial score (nSPS) is 10.9. The summed E-state index contributed by atoms with van der Waals surface area (Å²) in [4.78, 5) is 22.3. The molecule has 104 valence electrons. The van der Waals surface area contributed by atoms with E-state index < -0.39 is 17.7 Å². The lowest BCUT2D eigenvalue weighted by Gasteiger charge is -2.19. The minimum absolute atomic E-state index is 0.00477. The van der Waals surface area contributed by atoms with Crippen molar-refractivity contribution in [3.63, 3.8) is 0 Å². The fraction of sp³-hybridized carbons (Fsp3) is 0.385. The highest BCUT2D eigenvalue weighted by Gasteiger charge is 2.16. The highest BCUT2D eigenvalue weighted by Crippen LogP contribution is 2.17. The first kappa shape index (κ1) is 15.3. The number of ether oxygens (including phenoxy) is 1. The molecule has 0 unspecified atom stereocenters. The Morgan fingerprint density at radius 3 is 2.53 bits per heavy atom. The van der Waals surface area contributed by atoms with E-state index in [2.05, 4.69) is 5.32 Å². The highest BCUT2D eigenvalue weighted by molar-refractivity contribution is 6.33. The molecule has 1 aromatic carbocycles. The Labute approximate surface area is 116 Å². The third-order valence-electron chi connectivity index (χ3n) is 2.10. The molecule has 0 aliphatic heterocycles. The zero-order valence-electron chi connectivity index (χ0n) is 11.0. The molecule has 0 saturated carbocycles. The van der Waals surface area contributed by atoms with Gasteiger partial charge in [0.1, 0.15) is 5.60 Å². The van der Waals surface area contributed by atoms with Gasteiger partial charge in [-0.15, -0.1) is 0 Å². The van der Waals surface area contributed by atoms with Gasteiger partial charge >= 0.3 is 12.1 Å². The van der Waals surface area contributed by atoms with Crippen LogP contribution in [0.5, 0.6) is 0 Å². The van der Waals surface area contributed by atoms with Gasteiger partial charge in [-0.3, -0.25) is 0 Å². The number of aromatic carboxylic acids is 1. The number of hydrogen-bond acceptors (Lipinski definition) is 3. The van der Waals surface area contributed by atoms with E-state index in [4.69, 9.17) is 21.4 Å². The number of carboxylic acid groups (broad SMARTS) is 1.